The van der Waals surface area contributed by atoms with Crippen molar-refractivity contribution < 1.29 is 18.3 Å². The molecule has 1 aliphatic rings. The minimum absolute atomic E-state index is 0.0143. The summed E-state index contributed by atoms with van der Waals surface area (Å²) in [6.07, 6.45) is 1.27. The van der Waals surface area contributed by atoms with Crippen molar-refractivity contribution in [3.05, 3.63) is 23.8 Å². The molecule has 104 valence electrons. The van der Waals surface area contributed by atoms with Crippen LogP contribution in [0.25, 0.3) is 0 Å². The van der Waals surface area contributed by atoms with E-state index in [1.807, 2.05) is 0 Å². The zero-order valence-corrected chi connectivity index (χ0v) is 11.1. The number of carboxylic acids is 1. The quantitative estimate of drug-likeness (QED) is 0.713. The molecule has 0 amide bonds. The molecule has 7 heteroatoms. The number of nitrogen functional groups attached to an aromatic ring is 1. The molecule has 0 saturated carbocycles. The van der Waals surface area contributed by atoms with E-state index in [1.54, 1.807) is 12.1 Å². The second-order valence-corrected chi connectivity index (χ2v) is 6.90. The van der Waals surface area contributed by atoms with Gasteiger partial charge in [-0.3, -0.25) is 0 Å². The van der Waals surface area contributed by atoms with Gasteiger partial charge in [0.15, 0.2) is 9.84 Å². The van der Waals surface area contributed by atoms with Crippen LogP contribution in [0.4, 0.5) is 11.4 Å². The van der Waals surface area contributed by atoms with E-state index in [1.165, 1.54) is 6.07 Å². The van der Waals surface area contributed by atoms with E-state index in [-0.39, 0.29) is 23.1 Å². The predicted molar refractivity (Wildman–Crippen MR) is 73.1 cm³/mol. The Morgan fingerprint density at radius 1 is 1.42 bits per heavy atom. The standard InChI is InChI=1S/C12H16N2O4S/c13-10-5-1-4-9(12(15)16)11(10)14-8-3-2-6-19(17,18)7-8/h1,4-5,8,14H,2-3,6-7,13H2,(H,15,16). The van der Waals surface area contributed by atoms with Crippen LogP contribution < -0.4 is 11.1 Å². The van der Waals surface area contributed by atoms with Gasteiger partial charge in [-0.1, -0.05) is 6.07 Å². The average molecular weight is 284 g/mol. The number of sulfone groups is 1. The van der Waals surface area contributed by atoms with Gasteiger partial charge in [0.25, 0.3) is 0 Å². The van der Waals surface area contributed by atoms with Gasteiger partial charge in [-0.25, -0.2) is 13.2 Å². The van der Waals surface area contributed by atoms with Crippen molar-refractivity contribution in [2.45, 2.75) is 18.9 Å². The average Bonchev–Trinajstić information content (AvgIpc) is 2.30. The lowest BCUT2D eigenvalue weighted by molar-refractivity contribution is 0.0698. The smallest absolute Gasteiger partial charge is 0.337 e. The van der Waals surface area contributed by atoms with Crippen molar-refractivity contribution >= 4 is 27.2 Å². The van der Waals surface area contributed by atoms with E-state index in [0.717, 1.165) is 0 Å². The summed E-state index contributed by atoms with van der Waals surface area (Å²) in [4.78, 5) is 11.1. The van der Waals surface area contributed by atoms with Crippen LogP contribution in [-0.2, 0) is 9.84 Å². The summed E-state index contributed by atoms with van der Waals surface area (Å²) >= 11 is 0. The van der Waals surface area contributed by atoms with Gasteiger partial charge in [-0.05, 0) is 25.0 Å². The van der Waals surface area contributed by atoms with E-state index in [0.29, 0.717) is 24.2 Å². The molecule has 0 aliphatic carbocycles. The third-order valence-electron chi connectivity index (χ3n) is 3.14. The van der Waals surface area contributed by atoms with E-state index in [9.17, 15) is 13.2 Å². The first-order valence-electron chi connectivity index (χ1n) is 5.98. The number of carboxylic acid groups (broad SMARTS) is 1. The first-order valence-corrected chi connectivity index (χ1v) is 7.80. The Morgan fingerprint density at radius 2 is 2.16 bits per heavy atom. The second-order valence-electron chi connectivity index (χ2n) is 4.67. The Labute approximate surface area is 111 Å². The monoisotopic (exact) mass is 284 g/mol. The minimum Gasteiger partial charge on any atom is -0.478 e. The summed E-state index contributed by atoms with van der Waals surface area (Å²) in [5.74, 6) is -0.879. The first kappa shape index (κ1) is 13.7. The lowest BCUT2D eigenvalue weighted by atomic mass is 10.1. The molecule has 1 aliphatic heterocycles. The Balaban J connectivity index is 2.26. The Bertz CT molecular complexity index is 598. The van der Waals surface area contributed by atoms with E-state index in [2.05, 4.69) is 5.32 Å². The molecule has 1 atom stereocenters. The fourth-order valence-electron chi connectivity index (χ4n) is 2.25. The van der Waals surface area contributed by atoms with Crippen LogP contribution in [0, 0.1) is 0 Å². The van der Waals surface area contributed by atoms with Crippen molar-refractivity contribution in [3.8, 4) is 0 Å². The molecule has 6 nitrogen and oxygen atoms in total. The molecule has 1 saturated heterocycles. The van der Waals surface area contributed by atoms with Crippen LogP contribution in [-0.4, -0.2) is 37.0 Å². The van der Waals surface area contributed by atoms with Crippen molar-refractivity contribution in [2.75, 3.05) is 22.6 Å². The van der Waals surface area contributed by atoms with Crippen LogP contribution in [0.15, 0.2) is 18.2 Å². The van der Waals surface area contributed by atoms with Gasteiger partial charge in [0, 0.05) is 6.04 Å². The zero-order chi connectivity index (χ0) is 14.0. The summed E-state index contributed by atoms with van der Waals surface area (Å²) in [6.45, 7) is 0. The molecule has 2 rings (SSSR count). The third kappa shape index (κ3) is 3.17. The summed E-state index contributed by atoms with van der Waals surface area (Å²) in [5.41, 5.74) is 6.44. The molecule has 0 bridgehead atoms. The highest BCUT2D eigenvalue weighted by atomic mass is 32.2. The Morgan fingerprint density at radius 3 is 2.79 bits per heavy atom. The Kier molecular flexibility index (Phi) is 3.66. The lowest BCUT2D eigenvalue weighted by Gasteiger charge is -2.25. The third-order valence-corrected chi connectivity index (χ3v) is 4.96. The van der Waals surface area contributed by atoms with Gasteiger partial charge in [0.05, 0.1) is 28.4 Å². The number of para-hydroxylation sites is 1. The van der Waals surface area contributed by atoms with Gasteiger partial charge >= 0.3 is 5.97 Å². The lowest BCUT2D eigenvalue weighted by Crippen LogP contribution is -2.35. The summed E-state index contributed by atoms with van der Waals surface area (Å²) in [7, 11) is -3.05. The van der Waals surface area contributed by atoms with Crippen molar-refractivity contribution in [1.29, 1.82) is 0 Å². The van der Waals surface area contributed by atoms with Crippen molar-refractivity contribution in [3.63, 3.8) is 0 Å². The van der Waals surface area contributed by atoms with Crippen molar-refractivity contribution in [2.24, 2.45) is 0 Å². The highest BCUT2D eigenvalue weighted by molar-refractivity contribution is 7.91. The van der Waals surface area contributed by atoms with Gasteiger partial charge in [-0.2, -0.15) is 0 Å². The minimum atomic E-state index is -3.05. The maximum absolute atomic E-state index is 11.6. The van der Waals surface area contributed by atoms with Crippen LogP contribution >= 0.6 is 0 Å². The van der Waals surface area contributed by atoms with Gasteiger partial charge in [0.1, 0.15) is 0 Å². The summed E-state index contributed by atoms with van der Waals surface area (Å²) in [5, 5.41) is 12.1. The highest BCUT2D eigenvalue weighted by Crippen LogP contribution is 2.26. The van der Waals surface area contributed by atoms with E-state index >= 15 is 0 Å². The number of nitrogens with one attached hydrogen (secondary N) is 1. The van der Waals surface area contributed by atoms with Crippen LogP contribution in [0.3, 0.4) is 0 Å². The largest absolute Gasteiger partial charge is 0.478 e. The molecule has 19 heavy (non-hydrogen) atoms. The van der Waals surface area contributed by atoms with Crippen LogP contribution in [0.1, 0.15) is 23.2 Å². The maximum Gasteiger partial charge on any atom is 0.337 e. The molecule has 0 spiro atoms. The molecule has 0 aromatic heterocycles. The highest BCUT2D eigenvalue weighted by Gasteiger charge is 2.26. The number of hydrogen-bond acceptors (Lipinski definition) is 5. The normalized spacial score (nSPS) is 21.8. The van der Waals surface area contributed by atoms with E-state index < -0.39 is 15.8 Å². The van der Waals surface area contributed by atoms with Gasteiger partial charge in [0.2, 0.25) is 0 Å². The molecule has 1 heterocycles. The SMILES string of the molecule is Nc1cccc(C(=O)O)c1NC1CCCS(=O)(=O)C1. The maximum atomic E-state index is 11.6. The van der Waals surface area contributed by atoms with Crippen LogP contribution in [0.2, 0.25) is 0 Å². The Hall–Kier alpha value is -1.76. The number of aromatic carboxylic acids is 1. The number of rotatable bonds is 3. The topological polar surface area (TPSA) is 109 Å². The predicted octanol–water partition coefficient (Wildman–Crippen LogP) is 0.956. The molecule has 1 aromatic rings. The molecule has 1 fully saturated rings. The number of hydrogen-bond donors (Lipinski definition) is 3. The molecule has 1 aromatic carbocycles. The zero-order valence-electron chi connectivity index (χ0n) is 10.3. The molecular formula is C12H16N2O4S. The van der Waals surface area contributed by atoms with Crippen LogP contribution in [0.5, 0.6) is 0 Å². The molecule has 0 radical (unpaired) electrons. The van der Waals surface area contributed by atoms with Gasteiger partial charge in [-0.15, -0.1) is 0 Å². The molecule has 1 unspecified atom stereocenters. The number of nitrogens with two attached hydrogens (primary N) is 1. The van der Waals surface area contributed by atoms with E-state index in [4.69, 9.17) is 10.8 Å². The fraction of sp³-hybridized carbons (Fsp3) is 0.417. The van der Waals surface area contributed by atoms with Crippen molar-refractivity contribution in [1.82, 2.24) is 0 Å². The number of anilines is 2. The first-order chi connectivity index (χ1) is 8.89. The number of benzene rings is 1. The number of carbonyl (C=O) groups is 1. The second kappa shape index (κ2) is 5.08. The summed E-state index contributed by atoms with van der Waals surface area (Å²) < 4.78 is 23.1. The summed E-state index contributed by atoms with van der Waals surface area (Å²) in [6, 6.07) is 4.30. The van der Waals surface area contributed by atoms with Gasteiger partial charge < -0.3 is 16.2 Å². The fourth-order valence-corrected chi connectivity index (χ4v) is 3.89. The molecule has 4 N–H and O–H groups in total. The molecular weight excluding hydrogens is 268 g/mol.